The molecule has 0 aliphatic rings. The van der Waals surface area contributed by atoms with E-state index in [2.05, 4.69) is 79.9 Å². The van der Waals surface area contributed by atoms with Gasteiger partial charge in [0.2, 0.25) is 5.91 Å². The SMILES string of the molecule is CCNc1cc(C)cc(COc2c(Br)cc(CC(=O)O)cc2Br)c1.CCNc1cc(COc2c(Cl)cc(NC(=O)CC(=O)O)cc2Cl)cc(C(F)(F)F)c1. The first kappa shape index (κ1) is 44.2. The molecule has 0 fully saturated rings. The molecule has 0 saturated heterocycles. The highest BCUT2D eigenvalue weighted by Gasteiger charge is 2.31. The van der Waals surface area contributed by atoms with E-state index in [0.717, 1.165) is 38.9 Å². The van der Waals surface area contributed by atoms with Crippen molar-refractivity contribution >= 4 is 90.0 Å². The molecular formula is C37H36Br2Cl2F3N3O7. The molecule has 290 valence electrons. The number of carboxylic acids is 2. The molecule has 54 heavy (non-hydrogen) atoms. The van der Waals surface area contributed by atoms with Crippen LogP contribution >= 0.6 is 55.1 Å². The number of halogens is 7. The zero-order valence-electron chi connectivity index (χ0n) is 29.1. The van der Waals surface area contributed by atoms with E-state index in [1.165, 1.54) is 23.8 Å². The summed E-state index contributed by atoms with van der Waals surface area (Å²) in [5.41, 5.74) is 3.88. The highest BCUT2D eigenvalue weighted by molar-refractivity contribution is 9.11. The molecule has 0 saturated carbocycles. The standard InChI is InChI=1S/C19H17Cl2F3N2O4.C18H19Br2NO3/c1-2-25-12-4-10(3-11(5-12)19(22,23)24)9-30-18-14(20)6-13(7-15(18)21)26-16(27)8-17(28)29;1-3-21-14-5-11(2)4-13(6-14)10-24-18-15(19)7-12(8-16(18)20)9-17(22)23/h3-7,25H,2,8-9H2,1H3,(H,26,27)(H,28,29);4-8,21H,3,9-10H2,1-2H3,(H,22,23). The number of ether oxygens (including phenoxy) is 2. The first-order valence-electron chi connectivity index (χ1n) is 16.1. The van der Waals surface area contributed by atoms with E-state index in [9.17, 15) is 27.6 Å². The van der Waals surface area contributed by atoms with Crippen molar-refractivity contribution in [1.82, 2.24) is 0 Å². The van der Waals surface area contributed by atoms with Gasteiger partial charge in [0.15, 0.2) is 5.75 Å². The number of amides is 1. The maximum atomic E-state index is 13.1. The molecule has 0 atom stereocenters. The lowest BCUT2D eigenvalue weighted by molar-refractivity contribution is -0.140. The number of hydrogen-bond donors (Lipinski definition) is 5. The highest BCUT2D eigenvalue weighted by atomic mass is 79.9. The minimum atomic E-state index is -4.52. The second-order valence-corrected chi connectivity index (χ2v) is 14.1. The topological polar surface area (TPSA) is 146 Å². The number of hydrogen-bond acceptors (Lipinski definition) is 7. The molecule has 17 heteroatoms. The van der Waals surface area contributed by atoms with Crippen molar-refractivity contribution < 1.29 is 47.2 Å². The lowest BCUT2D eigenvalue weighted by Gasteiger charge is -2.15. The van der Waals surface area contributed by atoms with Crippen molar-refractivity contribution in [3.05, 3.63) is 107 Å². The van der Waals surface area contributed by atoms with Crippen LogP contribution < -0.4 is 25.4 Å². The molecule has 0 aliphatic carbocycles. The number of rotatable bonds is 15. The molecule has 0 aromatic heterocycles. The highest BCUT2D eigenvalue weighted by Crippen LogP contribution is 2.38. The third-order valence-corrected chi connectivity index (χ3v) is 8.73. The zero-order valence-corrected chi connectivity index (χ0v) is 33.8. The summed E-state index contributed by atoms with van der Waals surface area (Å²) in [5.74, 6) is -2.27. The molecule has 4 aromatic carbocycles. The summed E-state index contributed by atoms with van der Waals surface area (Å²) in [6, 6.07) is 15.9. The van der Waals surface area contributed by atoms with Crippen molar-refractivity contribution in [3.8, 4) is 11.5 Å². The third kappa shape index (κ3) is 14.2. The van der Waals surface area contributed by atoms with Gasteiger partial charge in [0.05, 0.1) is 31.0 Å². The fourth-order valence-corrected chi connectivity index (χ4v) is 7.05. The monoisotopic (exact) mass is 919 g/mol. The normalized spacial score (nSPS) is 10.9. The van der Waals surface area contributed by atoms with E-state index < -0.39 is 36.0 Å². The summed E-state index contributed by atoms with van der Waals surface area (Å²) in [4.78, 5) is 32.9. The maximum Gasteiger partial charge on any atom is 0.416 e. The molecule has 4 aromatic rings. The van der Waals surface area contributed by atoms with Crippen LogP contribution in [0.15, 0.2) is 69.6 Å². The first-order valence-corrected chi connectivity index (χ1v) is 18.5. The molecule has 0 heterocycles. The Hall–Kier alpha value is -4.18. The van der Waals surface area contributed by atoms with Crippen LogP contribution in [0.25, 0.3) is 0 Å². The second kappa shape index (κ2) is 20.5. The summed E-state index contributed by atoms with van der Waals surface area (Å²) >= 11 is 19.1. The minimum absolute atomic E-state index is 0.00740. The molecular weight excluding hydrogens is 886 g/mol. The van der Waals surface area contributed by atoms with Crippen LogP contribution in [0, 0.1) is 6.92 Å². The van der Waals surface area contributed by atoms with Gasteiger partial charge in [-0.05, 0) is 129 Å². The zero-order chi connectivity index (χ0) is 40.2. The Morgan fingerprint density at radius 2 is 1.22 bits per heavy atom. The Labute approximate surface area is 336 Å². The molecule has 5 N–H and O–H groups in total. The number of aryl methyl sites for hydroxylation is 1. The second-order valence-electron chi connectivity index (χ2n) is 11.6. The van der Waals surface area contributed by atoms with Crippen LogP contribution in [0.2, 0.25) is 10.0 Å². The number of carbonyl (C=O) groups excluding carboxylic acids is 1. The number of nitrogens with one attached hydrogen (secondary N) is 3. The van der Waals surface area contributed by atoms with Gasteiger partial charge >= 0.3 is 18.1 Å². The van der Waals surface area contributed by atoms with Gasteiger partial charge in [-0.3, -0.25) is 14.4 Å². The van der Waals surface area contributed by atoms with E-state index in [1.807, 2.05) is 0 Å². The number of alkyl halides is 3. The molecule has 0 aliphatic heterocycles. The van der Waals surface area contributed by atoms with Gasteiger partial charge in [0, 0.05) is 30.2 Å². The minimum Gasteiger partial charge on any atom is -0.487 e. The largest absolute Gasteiger partial charge is 0.487 e. The molecule has 0 unspecified atom stereocenters. The van der Waals surface area contributed by atoms with Crippen molar-refractivity contribution in [2.45, 2.75) is 53.0 Å². The maximum absolute atomic E-state index is 13.1. The predicted octanol–water partition coefficient (Wildman–Crippen LogP) is 10.6. The van der Waals surface area contributed by atoms with E-state index >= 15 is 0 Å². The van der Waals surface area contributed by atoms with Crippen LogP contribution in [0.1, 0.15) is 48.1 Å². The molecule has 4 rings (SSSR count). The van der Waals surface area contributed by atoms with E-state index in [-0.39, 0.29) is 40.1 Å². The van der Waals surface area contributed by atoms with Crippen LogP contribution in [0.4, 0.5) is 30.2 Å². The molecule has 0 radical (unpaired) electrons. The Kier molecular flexibility index (Phi) is 16.8. The van der Waals surface area contributed by atoms with E-state index in [4.69, 9.17) is 42.9 Å². The van der Waals surface area contributed by atoms with Gasteiger partial charge in [-0.2, -0.15) is 13.2 Å². The lowest BCUT2D eigenvalue weighted by atomic mass is 10.1. The molecule has 1 amide bonds. The van der Waals surface area contributed by atoms with Crippen molar-refractivity contribution in [1.29, 1.82) is 0 Å². The average molecular weight is 922 g/mol. The Balaban J connectivity index is 0.000000297. The Morgan fingerprint density at radius 3 is 1.72 bits per heavy atom. The van der Waals surface area contributed by atoms with Gasteiger partial charge in [-0.15, -0.1) is 0 Å². The van der Waals surface area contributed by atoms with Gasteiger partial charge < -0.3 is 35.6 Å². The number of aliphatic carboxylic acids is 2. The summed E-state index contributed by atoms with van der Waals surface area (Å²) < 4.78 is 52.3. The quantitative estimate of drug-likeness (QED) is 0.0736. The van der Waals surface area contributed by atoms with Crippen LogP contribution in [-0.2, 0) is 40.2 Å². The van der Waals surface area contributed by atoms with E-state index in [0.29, 0.717) is 30.2 Å². The molecule has 10 nitrogen and oxygen atoms in total. The molecule has 0 bridgehead atoms. The average Bonchev–Trinajstić information content (AvgIpc) is 3.03. The van der Waals surface area contributed by atoms with Crippen LogP contribution in [0.3, 0.4) is 0 Å². The van der Waals surface area contributed by atoms with Gasteiger partial charge in [0.25, 0.3) is 0 Å². The van der Waals surface area contributed by atoms with Crippen LogP contribution in [-0.4, -0.2) is 41.1 Å². The van der Waals surface area contributed by atoms with E-state index in [1.54, 1.807) is 19.1 Å². The number of carboxylic acid groups (broad SMARTS) is 2. The smallest absolute Gasteiger partial charge is 0.416 e. The number of carbonyl (C=O) groups is 3. The van der Waals surface area contributed by atoms with Crippen molar-refractivity contribution in [2.24, 2.45) is 0 Å². The fourth-order valence-electron chi connectivity index (χ4n) is 4.95. The Morgan fingerprint density at radius 1 is 0.704 bits per heavy atom. The summed E-state index contributed by atoms with van der Waals surface area (Å²) in [7, 11) is 0. The predicted molar refractivity (Wildman–Crippen MR) is 210 cm³/mol. The fraction of sp³-hybridized carbons (Fsp3) is 0.270. The number of benzene rings is 4. The summed E-state index contributed by atoms with van der Waals surface area (Å²) in [6.45, 7) is 7.36. The molecule has 0 spiro atoms. The summed E-state index contributed by atoms with van der Waals surface area (Å²) in [5, 5.41) is 26.0. The van der Waals surface area contributed by atoms with Crippen molar-refractivity contribution in [3.63, 3.8) is 0 Å². The van der Waals surface area contributed by atoms with Gasteiger partial charge in [-0.1, -0.05) is 29.3 Å². The first-order chi connectivity index (χ1) is 25.4. The van der Waals surface area contributed by atoms with Crippen LogP contribution in [0.5, 0.6) is 11.5 Å². The lowest BCUT2D eigenvalue weighted by Crippen LogP contribution is -2.15. The number of anilines is 3. The van der Waals surface area contributed by atoms with Gasteiger partial charge in [-0.25, -0.2) is 0 Å². The summed E-state index contributed by atoms with van der Waals surface area (Å²) in [6.07, 6.45) is -5.29. The Bertz CT molecular complexity index is 1940. The van der Waals surface area contributed by atoms with Gasteiger partial charge in [0.1, 0.15) is 25.4 Å². The van der Waals surface area contributed by atoms with Crippen molar-refractivity contribution in [2.75, 3.05) is 29.0 Å². The third-order valence-electron chi connectivity index (χ3n) is 6.99.